The second-order valence-electron chi connectivity index (χ2n) is 9.12. The molecule has 0 aliphatic carbocycles. The summed E-state index contributed by atoms with van der Waals surface area (Å²) in [7, 11) is 0. The number of halogens is 1. The molecule has 2 heterocycles. The Morgan fingerprint density at radius 3 is 1.86 bits per heavy atom. The van der Waals surface area contributed by atoms with Crippen LogP contribution in [0.1, 0.15) is 0 Å². The predicted molar refractivity (Wildman–Crippen MR) is 149 cm³/mol. The average molecular weight is 468 g/mol. The number of rotatable bonds is 1. The maximum atomic E-state index is 13.9. The number of aromatic amines is 1. The van der Waals surface area contributed by atoms with Gasteiger partial charge in [0.1, 0.15) is 10.6 Å². The molecule has 1 N–H and O–H groups in total. The Kier molecular flexibility index (Phi) is 3.78. The molecule has 0 spiro atoms. The molecular weight excluding hydrogens is 449 g/mol. The van der Waals surface area contributed by atoms with Crippen molar-refractivity contribution < 1.29 is 4.39 Å². The Bertz CT molecular complexity index is 2110. The van der Waals surface area contributed by atoms with Gasteiger partial charge in [0, 0.05) is 31.8 Å². The number of para-hydroxylation sites is 1. The molecule has 0 saturated carbocycles. The maximum Gasteiger partial charge on any atom is 0.123 e. The molecule has 0 fully saturated rings. The first-order valence-corrected chi connectivity index (χ1v) is 12.5. The van der Waals surface area contributed by atoms with Gasteiger partial charge in [-0.1, -0.05) is 78.9 Å². The van der Waals surface area contributed by atoms with Gasteiger partial charge in [-0.05, 0) is 62.3 Å². The molecule has 8 rings (SSSR count). The van der Waals surface area contributed by atoms with Crippen molar-refractivity contribution in [2.45, 2.75) is 0 Å². The molecule has 35 heavy (non-hydrogen) atoms. The van der Waals surface area contributed by atoms with E-state index in [2.05, 4.69) is 83.8 Å². The first-order chi connectivity index (χ1) is 17.3. The quantitative estimate of drug-likeness (QED) is 0.231. The second-order valence-corrected chi connectivity index (χ2v) is 10.2. The van der Waals surface area contributed by atoms with Gasteiger partial charge in [-0.2, -0.15) is 0 Å². The van der Waals surface area contributed by atoms with Gasteiger partial charge in [0.05, 0.1) is 0 Å². The fourth-order valence-electron chi connectivity index (χ4n) is 5.82. The van der Waals surface area contributed by atoms with Gasteiger partial charge in [0.2, 0.25) is 0 Å². The number of hydrogen-bond donors (Lipinski definition) is 1. The molecule has 0 amide bonds. The first kappa shape index (κ1) is 19.1. The second kappa shape index (κ2) is 6.91. The third kappa shape index (κ3) is 2.56. The van der Waals surface area contributed by atoms with Crippen molar-refractivity contribution in [2.75, 3.05) is 0 Å². The SMILES string of the molecule is Fc1ccc(-c2cc3sc4[nH]c5ccccc5c4c3c3c4ccccc4c4ccccc4c23)cc1. The number of thiophene rings is 1. The summed E-state index contributed by atoms with van der Waals surface area (Å²) >= 11 is 1.80. The fourth-order valence-corrected chi connectivity index (χ4v) is 7.00. The summed E-state index contributed by atoms with van der Waals surface area (Å²) in [5.41, 5.74) is 3.33. The zero-order valence-electron chi connectivity index (χ0n) is 18.6. The van der Waals surface area contributed by atoms with Crippen LogP contribution in [-0.4, -0.2) is 4.98 Å². The van der Waals surface area contributed by atoms with Crippen LogP contribution >= 0.6 is 11.3 Å². The van der Waals surface area contributed by atoms with Gasteiger partial charge in [-0.3, -0.25) is 0 Å². The van der Waals surface area contributed by atoms with E-state index in [1.165, 1.54) is 58.0 Å². The monoisotopic (exact) mass is 467 g/mol. The minimum Gasteiger partial charge on any atom is -0.346 e. The van der Waals surface area contributed by atoms with Crippen molar-refractivity contribution in [3.8, 4) is 11.1 Å². The zero-order valence-corrected chi connectivity index (χ0v) is 19.4. The van der Waals surface area contributed by atoms with Gasteiger partial charge in [0.25, 0.3) is 0 Å². The standard InChI is InChI=1S/C32H18FNS/c33-19-15-13-18(14-16-19)25-17-27-31(30-24-11-5-6-12-26(24)34-32(30)35-27)29-23-10-4-2-8-21(23)20-7-1-3-9-22(20)28(25)29/h1-17,34H. The highest BCUT2D eigenvalue weighted by atomic mass is 32.1. The Hall–Kier alpha value is -4.21. The van der Waals surface area contributed by atoms with E-state index in [1.54, 1.807) is 23.5 Å². The third-order valence-electron chi connectivity index (χ3n) is 7.26. The van der Waals surface area contributed by atoms with E-state index in [9.17, 15) is 4.39 Å². The van der Waals surface area contributed by atoms with Crippen molar-refractivity contribution in [2.24, 2.45) is 0 Å². The van der Waals surface area contributed by atoms with E-state index in [0.717, 1.165) is 16.6 Å². The lowest BCUT2D eigenvalue weighted by Gasteiger charge is -2.16. The van der Waals surface area contributed by atoms with Crippen molar-refractivity contribution >= 4 is 74.9 Å². The molecule has 3 heteroatoms. The van der Waals surface area contributed by atoms with Gasteiger partial charge in [-0.15, -0.1) is 11.3 Å². The lowest BCUT2D eigenvalue weighted by Crippen LogP contribution is -1.88. The predicted octanol–water partition coefficient (Wildman–Crippen LogP) is 9.80. The number of hydrogen-bond acceptors (Lipinski definition) is 1. The minimum atomic E-state index is -0.217. The van der Waals surface area contributed by atoms with E-state index in [4.69, 9.17) is 0 Å². The van der Waals surface area contributed by atoms with Crippen LogP contribution in [0.5, 0.6) is 0 Å². The van der Waals surface area contributed by atoms with E-state index in [0.29, 0.717) is 0 Å². The topological polar surface area (TPSA) is 15.8 Å². The van der Waals surface area contributed by atoms with Gasteiger partial charge in [0.15, 0.2) is 0 Å². The smallest absolute Gasteiger partial charge is 0.123 e. The van der Waals surface area contributed by atoms with Gasteiger partial charge in [-0.25, -0.2) is 4.39 Å². The molecule has 2 aromatic heterocycles. The number of fused-ring (bicyclic) bond motifs is 12. The molecule has 0 atom stereocenters. The van der Waals surface area contributed by atoms with Crippen LogP contribution in [0.2, 0.25) is 0 Å². The fraction of sp³-hybridized carbons (Fsp3) is 0. The van der Waals surface area contributed by atoms with Crippen LogP contribution in [0.15, 0.2) is 103 Å². The molecule has 0 saturated heterocycles. The summed E-state index contributed by atoms with van der Waals surface area (Å²) in [4.78, 5) is 4.84. The van der Waals surface area contributed by atoms with Crippen LogP contribution in [0.25, 0.3) is 74.6 Å². The maximum absolute atomic E-state index is 13.9. The molecule has 0 radical (unpaired) electrons. The van der Waals surface area contributed by atoms with E-state index >= 15 is 0 Å². The molecule has 0 unspecified atom stereocenters. The Morgan fingerprint density at radius 2 is 1.14 bits per heavy atom. The summed E-state index contributed by atoms with van der Waals surface area (Å²) in [5, 5.41) is 11.3. The zero-order chi connectivity index (χ0) is 23.1. The lowest BCUT2D eigenvalue weighted by atomic mass is 9.87. The molecule has 1 nitrogen and oxygen atoms in total. The van der Waals surface area contributed by atoms with Crippen molar-refractivity contribution in [3.63, 3.8) is 0 Å². The van der Waals surface area contributed by atoms with Gasteiger partial charge < -0.3 is 4.98 Å². The molecular formula is C32H18FNS. The first-order valence-electron chi connectivity index (χ1n) is 11.7. The van der Waals surface area contributed by atoms with E-state index in [-0.39, 0.29) is 5.82 Å². The minimum absolute atomic E-state index is 0.217. The van der Waals surface area contributed by atoms with Crippen LogP contribution in [-0.2, 0) is 0 Å². The molecule has 164 valence electrons. The Balaban J connectivity index is 1.73. The van der Waals surface area contributed by atoms with Crippen LogP contribution in [0.3, 0.4) is 0 Å². The average Bonchev–Trinajstić information content (AvgIpc) is 3.44. The molecule has 0 aliphatic rings. The van der Waals surface area contributed by atoms with Crippen LogP contribution in [0, 0.1) is 5.82 Å². The van der Waals surface area contributed by atoms with E-state index < -0.39 is 0 Å². The summed E-state index contributed by atoms with van der Waals surface area (Å²) in [6.07, 6.45) is 0. The van der Waals surface area contributed by atoms with Gasteiger partial charge >= 0.3 is 0 Å². The summed E-state index contributed by atoms with van der Waals surface area (Å²) in [6, 6.07) is 35.2. The third-order valence-corrected chi connectivity index (χ3v) is 8.32. The number of nitrogens with one attached hydrogen (secondary N) is 1. The number of benzene rings is 6. The summed E-state index contributed by atoms with van der Waals surface area (Å²) in [6.45, 7) is 0. The van der Waals surface area contributed by atoms with E-state index in [1.807, 2.05) is 12.1 Å². The van der Waals surface area contributed by atoms with Crippen LogP contribution < -0.4 is 0 Å². The molecule has 8 aromatic rings. The number of H-pyrrole nitrogens is 1. The highest BCUT2D eigenvalue weighted by Crippen LogP contribution is 2.49. The highest BCUT2D eigenvalue weighted by Gasteiger charge is 2.21. The molecule has 6 aromatic carbocycles. The Labute approximate surface area is 204 Å². The normalized spacial score (nSPS) is 12.1. The summed E-state index contributed by atoms with van der Waals surface area (Å²) < 4.78 is 15.1. The summed E-state index contributed by atoms with van der Waals surface area (Å²) in [5.74, 6) is -0.217. The number of aromatic nitrogens is 1. The Morgan fingerprint density at radius 1 is 0.543 bits per heavy atom. The van der Waals surface area contributed by atoms with Crippen molar-refractivity contribution in [1.82, 2.24) is 4.98 Å². The van der Waals surface area contributed by atoms with Crippen molar-refractivity contribution in [1.29, 1.82) is 0 Å². The van der Waals surface area contributed by atoms with Crippen LogP contribution in [0.4, 0.5) is 4.39 Å². The highest BCUT2D eigenvalue weighted by molar-refractivity contribution is 7.26. The largest absolute Gasteiger partial charge is 0.346 e. The molecule has 0 bridgehead atoms. The lowest BCUT2D eigenvalue weighted by molar-refractivity contribution is 0.628. The molecule has 0 aliphatic heterocycles. The van der Waals surface area contributed by atoms with Crippen molar-refractivity contribution in [3.05, 3.63) is 109 Å².